The number of nitrogens with one attached hydrogen (secondary N) is 2. The van der Waals surface area contributed by atoms with E-state index in [0.717, 1.165) is 41.3 Å². The van der Waals surface area contributed by atoms with E-state index in [-0.39, 0.29) is 11.8 Å². The number of carbonyl (C=O) groups is 2. The Morgan fingerprint density at radius 1 is 0.780 bits per heavy atom. The summed E-state index contributed by atoms with van der Waals surface area (Å²) in [4.78, 5) is 32.0. The molecule has 1 aliphatic rings. The van der Waals surface area contributed by atoms with Crippen molar-refractivity contribution >= 4 is 39.8 Å². The monoisotopic (exact) mass is 544 g/mol. The molecule has 2 amide bonds. The van der Waals surface area contributed by atoms with Crippen LogP contribution in [0.15, 0.2) is 91.3 Å². The average molecular weight is 545 g/mol. The molecule has 206 valence electrons. The van der Waals surface area contributed by atoms with Crippen LogP contribution in [-0.2, 0) is 0 Å². The molecule has 0 spiro atoms. The lowest BCUT2D eigenvalue weighted by Crippen LogP contribution is -2.32. The van der Waals surface area contributed by atoms with Crippen molar-refractivity contribution in [2.45, 2.75) is 26.7 Å². The molecule has 6 rings (SSSR count). The van der Waals surface area contributed by atoms with Gasteiger partial charge in [0.15, 0.2) is 0 Å². The first kappa shape index (κ1) is 26.3. The van der Waals surface area contributed by atoms with E-state index in [1.54, 1.807) is 24.5 Å². The number of aromatic nitrogens is 3. The second kappa shape index (κ2) is 11.3. The summed E-state index contributed by atoms with van der Waals surface area (Å²) in [5.74, 6) is 0.452. The molecule has 0 radical (unpaired) electrons. The van der Waals surface area contributed by atoms with Crippen LogP contribution in [0, 0.1) is 12.8 Å². The van der Waals surface area contributed by atoms with Gasteiger partial charge in [-0.25, -0.2) is 4.68 Å². The van der Waals surface area contributed by atoms with E-state index in [9.17, 15) is 9.59 Å². The topological polar surface area (TPSA) is 92.2 Å². The minimum atomic E-state index is -0.185. The Labute approximate surface area is 239 Å². The van der Waals surface area contributed by atoms with Crippen molar-refractivity contribution in [3.63, 3.8) is 0 Å². The molecule has 0 unspecified atom stereocenters. The van der Waals surface area contributed by atoms with Gasteiger partial charge in [0.25, 0.3) is 11.8 Å². The van der Waals surface area contributed by atoms with Crippen molar-refractivity contribution in [2.24, 2.45) is 5.92 Å². The molecule has 0 saturated carbocycles. The summed E-state index contributed by atoms with van der Waals surface area (Å²) in [5.41, 5.74) is 6.31. The SMILES string of the molecule is Cc1cc(C(=O)Nc2ccc(-n3ncc4cc(NC(=O)c5ccc(N6CCC(C)CC6)cc5)ccc43)cc2)ccn1. The number of fused-ring (bicyclic) bond motifs is 1. The molecule has 3 aromatic carbocycles. The van der Waals surface area contributed by atoms with Gasteiger partial charge in [-0.3, -0.25) is 14.6 Å². The zero-order valence-corrected chi connectivity index (χ0v) is 23.2. The fourth-order valence-corrected chi connectivity index (χ4v) is 5.19. The van der Waals surface area contributed by atoms with Gasteiger partial charge in [-0.2, -0.15) is 5.10 Å². The maximum absolute atomic E-state index is 12.9. The van der Waals surface area contributed by atoms with Crippen molar-refractivity contribution < 1.29 is 9.59 Å². The lowest BCUT2D eigenvalue weighted by Gasteiger charge is -2.32. The maximum atomic E-state index is 12.9. The summed E-state index contributed by atoms with van der Waals surface area (Å²) in [5, 5.41) is 11.4. The number of amides is 2. The molecule has 1 fully saturated rings. The molecular formula is C33H32N6O2. The van der Waals surface area contributed by atoms with Crippen molar-refractivity contribution in [3.05, 3.63) is 108 Å². The third kappa shape index (κ3) is 5.82. The Balaban J connectivity index is 1.11. The maximum Gasteiger partial charge on any atom is 0.255 e. The molecule has 0 atom stereocenters. The van der Waals surface area contributed by atoms with Crippen LogP contribution < -0.4 is 15.5 Å². The molecule has 1 saturated heterocycles. The number of rotatable bonds is 6. The highest BCUT2D eigenvalue weighted by atomic mass is 16.2. The van der Waals surface area contributed by atoms with Gasteiger partial charge < -0.3 is 15.5 Å². The van der Waals surface area contributed by atoms with Gasteiger partial charge in [0.2, 0.25) is 0 Å². The highest BCUT2D eigenvalue weighted by Crippen LogP contribution is 2.25. The van der Waals surface area contributed by atoms with Crippen LogP contribution in [0.25, 0.3) is 16.6 Å². The summed E-state index contributed by atoms with van der Waals surface area (Å²) in [6.07, 6.45) is 5.82. The van der Waals surface area contributed by atoms with Gasteiger partial charge in [-0.05, 0) is 105 Å². The van der Waals surface area contributed by atoms with E-state index in [0.29, 0.717) is 22.5 Å². The van der Waals surface area contributed by atoms with Crippen LogP contribution in [0.1, 0.15) is 46.2 Å². The zero-order chi connectivity index (χ0) is 28.3. The van der Waals surface area contributed by atoms with E-state index in [4.69, 9.17) is 0 Å². The molecule has 41 heavy (non-hydrogen) atoms. The highest BCUT2D eigenvalue weighted by molar-refractivity contribution is 6.05. The number of hydrogen-bond donors (Lipinski definition) is 2. The van der Waals surface area contributed by atoms with Crippen LogP contribution >= 0.6 is 0 Å². The molecular weight excluding hydrogens is 512 g/mol. The van der Waals surface area contributed by atoms with Crippen molar-refractivity contribution in [1.29, 1.82) is 0 Å². The van der Waals surface area contributed by atoms with Gasteiger partial charge in [0, 0.05) is 58.6 Å². The van der Waals surface area contributed by atoms with Gasteiger partial charge in [-0.15, -0.1) is 0 Å². The summed E-state index contributed by atoms with van der Waals surface area (Å²) < 4.78 is 1.83. The fraction of sp³-hybridized carbons (Fsp3) is 0.212. The molecule has 8 nitrogen and oxygen atoms in total. The van der Waals surface area contributed by atoms with Gasteiger partial charge in [0.05, 0.1) is 17.4 Å². The lowest BCUT2D eigenvalue weighted by atomic mass is 9.98. The summed E-state index contributed by atoms with van der Waals surface area (Å²) in [6, 6.07) is 24.6. The second-order valence-electron chi connectivity index (χ2n) is 10.7. The number of piperidine rings is 1. The first-order chi connectivity index (χ1) is 19.9. The number of aryl methyl sites for hydroxylation is 1. The number of carbonyl (C=O) groups excluding carboxylic acids is 2. The minimum Gasteiger partial charge on any atom is -0.372 e. The standard InChI is InChI=1S/C33H32N6O2/c1-22-14-17-38(18-15-22)29-8-3-24(4-9-29)32(40)37-28-7-12-31-26(20-28)21-35-39(31)30-10-5-27(6-11-30)36-33(41)25-13-16-34-23(2)19-25/h3-13,16,19-22H,14-15,17-18H2,1-2H3,(H,36,41)(H,37,40). The van der Waals surface area contributed by atoms with Gasteiger partial charge in [-0.1, -0.05) is 6.92 Å². The van der Waals surface area contributed by atoms with Crippen LogP contribution in [0.2, 0.25) is 0 Å². The molecule has 0 bridgehead atoms. The smallest absolute Gasteiger partial charge is 0.255 e. The van der Waals surface area contributed by atoms with E-state index in [2.05, 4.69) is 32.5 Å². The summed E-state index contributed by atoms with van der Waals surface area (Å²) in [6.45, 7) is 6.28. The van der Waals surface area contributed by atoms with Crippen molar-refractivity contribution in [1.82, 2.24) is 14.8 Å². The molecule has 8 heteroatoms. The zero-order valence-electron chi connectivity index (χ0n) is 23.2. The minimum absolute atomic E-state index is 0.143. The average Bonchev–Trinajstić information content (AvgIpc) is 3.41. The predicted molar refractivity (Wildman–Crippen MR) is 163 cm³/mol. The van der Waals surface area contributed by atoms with Crippen molar-refractivity contribution in [3.8, 4) is 5.69 Å². The van der Waals surface area contributed by atoms with Crippen molar-refractivity contribution in [2.75, 3.05) is 28.6 Å². The molecule has 0 aliphatic carbocycles. The Morgan fingerprint density at radius 3 is 2.17 bits per heavy atom. The van der Waals surface area contributed by atoms with E-state index in [1.165, 1.54) is 18.5 Å². The number of hydrogen-bond acceptors (Lipinski definition) is 5. The summed E-state index contributed by atoms with van der Waals surface area (Å²) >= 11 is 0. The highest BCUT2D eigenvalue weighted by Gasteiger charge is 2.17. The Kier molecular flexibility index (Phi) is 7.20. The third-order valence-electron chi connectivity index (χ3n) is 7.63. The lowest BCUT2D eigenvalue weighted by molar-refractivity contribution is 0.101. The van der Waals surface area contributed by atoms with Crippen LogP contribution in [0.4, 0.5) is 17.1 Å². The predicted octanol–water partition coefficient (Wildman–Crippen LogP) is 6.47. The van der Waals surface area contributed by atoms with E-state index >= 15 is 0 Å². The van der Waals surface area contributed by atoms with Gasteiger partial charge in [0.1, 0.15) is 0 Å². The fourth-order valence-electron chi connectivity index (χ4n) is 5.19. The molecule has 2 aromatic heterocycles. The molecule has 1 aliphatic heterocycles. The molecule has 5 aromatic rings. The van der Waals surface area contributed by atoms with Crippen LogP contribution in [0.5, 0.6) is 0 Å². The Morgan fingerprint density at radius 2 is 1.44 bits per heavy atom. The summed E-state index contributed by atoms with van der Waals surface area (Å²) in [7, 11) is 0. The van der Waals surface area contributed by atoms with Gasteiger partial charge >= 0.3 is 0 Å². The largest absolute Gasteiger partial charge is 0.372 e. The number of benzene rings is 3. The van der Waals surface area contributed by atoms with E-state index in [1.807, 2.05) is 78.3 Å². The normalized spacial score (nSPS) is 13.8. The number of pyridine rings is 1. The first-order valence-corrected chi connectivity index (χ1v) is 13.9. The first-order valence-electron chi connectivity index (χ1n) is 13.9. The second-order valence-corrected chi connectivity index (χ2v) is 10.7. The quantitative estimate of drug-likeness (QED) is 0.256. The third-order valence-corrected chi connectivity index (χ3v) is 7.63. The number of anilines is 3. The molecule has 3 heterocycles. The van der Waals surface area contributed by atoms with Crippen LogP contribution in [0.3, 0.4) is 0 Å². The van der Waals surface area contributed by atoms with E-state index < -0.39 is 0 Å². The van der Waals surface area contributed by atoms with Crippen LogP contribution in [-0.4, -0.2) is 39.7 Å². The Hall–Kier alpha value is -4.98. The molecule has 2 N–H and O–H groups in total. The number of nitrogens with zero attached hydrogens (tertiary/aromatic N) is 4. The Bertz CT molecular complexity index is 1700.